The molecule has 1 aromatic carbocycles. The van der Waals surface area contributed by atoms with Crippen LogP contribution in [0.25, 0.3) is 0 Å². The topological polar surface area (TPSA) is 60.8 Å². The first-order valence-electron chi connectivity index (χ1n) is 5.03. The van der Waals surface area contributed by atoms with Crippen LogP contribution in [0.15, 0.2) is 18.2 Å². The van der Waals surface area contributed by atoms with E-state index in [4.69, 9.17) is 16.7 Å². The monoisotopic (exact) mass is 241 g/mol. The van der Waals surface area contributed by atoms with Crippen LogP contribution in [0.1, 0.15) is 16.8 Å². The fraction of sp³-hybridized carbons (Fsp3) is 0.364. The number of likely N-dealkylation sites (tertiary alicyclic amines) is 1. The summed E-state index contributed by atoms with van der Waals surface area (Å²) >= 11 is 5.91. The van der Waals surface area contributed by atoms with Crippen LogP contribution in [0.5, 0.6) is 11.5 Å². The summed E-state index contributed by atoms with van der Waals surface area (Å²) in [6.45, 7) is 1.16. The summed E-state index contributed by atoms with van der Waals surface area (Å²) < 4.78 is 0. The van der Waals surface area contributed by atoms with Crippen LogP contribution in [0.2, 0.25) is 0 Å². The van der Waals surface area contributed by atoms with Crippen molar-refractivity contribution in [1.82, 2.24) is 4.90 Å². The molecule has 1 saturated heterocycles. The van der Waals surface area contributed by atoms with Crippen LogP contribution in [-0.4, -0.2) is 39.5 Å². The number of hydrogen-bond acceptors (Lipinski definition) is 3. The highest BCUT2D eigenvalue weighted by molar-refractivity contribution is 6.21. The quantitative estimate of drug-likeness (QED) is 0.579. The van der Waals surface area contributed by atoms with Gasteiger partial charge in [-0.15, -0.1) is 11.6 Å². The van der Waals surface area contributed by atoms with E-state index in [9.17, 15) is 9.90 Å². The van der Waals surface area contributed by atoms with Crippen molar-refractivity contribution in [2.75, 3.05) is 13.1 Å². The van der Waals surface area contributed by atoms with Crippen LogP contribution >= 0.6 is 11.6 Å². The minimum absolute atomic E-state index is 0.00895. The van der Waals surface area contributed by atoms with E-state index >= 15 is 0 Å². The van der Waals surface area contributed by atoms with E-state index < -0.39 is 0 Å². The summed E-state index contributed by atoms with van der Waals surface area (Å²) in [6, 6.07) is 4.05. The van der Waals surface area contributed by atoms with E-state index in [1.54, 1.807) is 4.90 Å². The molecule has 1 fully saturated rings. The Bertz CT molecular complexity index is 422. The zero-order chi connectivity index (χ0) is 11.7. The number of halogens is 1. The van der Waals surface area contributed by atoms with Gasteiger partial charge in [0.25, 0.3) is 5.91 Å². The fourth-order valence-electron chi connectivity index (χ4n) is 1.74. The summed E-state index contributed by atoms with van der Waals surface area (Å²) in [6.07, 6.45) is 0.789. The number of hydrogen-bond donors (Lipinski definition) is 2. The molecule has 2 N–H and O–H groups in total. The van der Waals surface area contributed by atoms with Gasteiger partial charge in [0, 0.05) is 18.7 Å². The van der Waals surface area contributed by atoms with Gasteiger partial charge in [-0.25, -0.2) is 0 Å². The average molecular weight is 242 g/mol. The number of alkyl halides is 1. The Kier molecular flexibility index (Phi) is 2.92. The number of aromatic hydroxyl groups is 2. The number of carbonyl (C=O) groups is 1. The second-order valence-electron chi connectivity index (χ2n) is 3.84. The number of carbonyl (C=O) groups excluding carboxylic acids is 1. The molecule has 1 aliphatic rings. The lowest BCUT2D eigenvalue weighted by molar-refractivity contribution is 0.0792. The van der Waals surface area contributed by atoms with Crippen molar-refractivity contribution in [3.8, 4) is 11.5 Å². The minimum atomic E-state index is -0.285. The molecule has 0 aromatic heterocycles. The molecule has 1 aliphatic heterocycles. The van der Waals surface area contributed by atoms with Gasteiger partial charge in [0.1, 0.15) is 0 Å². The number of nitrogens with zero attached hydrogens (tertiary/aromatic N) is 1. The normalized spacial score (nSPS) is 20.1. The maximum atomic E-state index is 11.9. The van der Waals surface area contributed by atoms with Crippen molar-refractivity contribution in [3.05, 3.63) is 23.8 Å². The van der Waals surface area contributed by atoms with Crippen molar-refractivity contribution in [2.45, 2.75) is 11.8 Å². The van der Waals surface area contributed by atoms with Crippen molar-refractivity contribution in [3.63, 3.8) is 0 Å². The molecule has 86 valence electrons. The molecule has 1 heterocycles. The third-order valence-corrected chi connectivity index (χ3v) is 3.00. The molecule has 5 heteroatoms. The largest absolute Gasteiger partial charge is 0.504 e. The Balaban J connectivity index is 2.18. The van der Waals surface area contributed by atoms with Gasteiger partial charge in [-0.2, -0.15) is 0 Å². The van der Waals surface area contributed by atoms with Crippen LogP contribution in [0.3, 0.4) is 0 Å². The first-order chi connectivity index (χ1) is 7.58. The first-order valence-corrected chi connectivity index (χ1v) is 5.47. The Morgan fingerprint density at radius 2 is 2.12 bits per heavy atom. The molecule has 1 amide bonds. The van der Waals surface area contributed by atoms with Crippen molar-refractivity contribution in [1.29, 1.82) is 0 Å². The molecule has 0 spiro atoms. The standard InChI is InChI=1S/C11H12ClNO3/c12-8-3-4-13(6-8)11(16)7-1-2-9(14)10(15)5-7/h1-2,5,8,14-15H,3-4,6H2. The highest BCUT2D eigenvalue weighted by Gasteiger charge is 2.25. The van der Waals surface area contributed by atoms with E-state index in [0.29, 0.717) is 18.7 Å². The Hall–Kier alpha value is -1.42. The second-order valence-corrected chi connectivity index (χ2v) is 4.46. The highest BCUT2D eigenvalue weighted by atomic mass is 35.5. The van der Waals surface area contributed by atoms with Crippen molar-refractivity contribution >= 4 is 17.5 Å². The number of rotatable bonds is 1. The average Bonchev–Trinajstić information content (AvgIpc) is 2.68. The zero-order valence-corrected chi connectivity index (χ0v) is 9.31. The third-order valence-electron chi connectivity index (χ3n) is 2.64. The molecule has 1 atom stereocenters. The van der Waals surface area contributed by atoms with Crippen molar-refractivity contribution < 1.29 is 15.0 Å². The number of phenolic OH excluding ortho intramolecular Hbond substituents is 2. The summed E-state index contributed by atoms with van der Waals surface area (Å²) in [5.74, 6) is -0.681. The predicted molar refractivity (Wildman–Crippen MR) is 59.9 cm³/mol. The first kappa shape index (κ1) is 11.1. The van der Waals surface area contributed by atoms with Gasteiger partial charge >= 0.3 is 0 Å². The molecule has 1 unspecified atom stereocenters. The van der Waals surface area contributed by atoms with E-state index in [-0.39, 0.29) is 22.8 Å². The summed E-state index contributed by atoms with van der Waals surface area (Å²) in [5.41, 5.74) is 0.362. The van der Waals surface area contributed by atoms with Gasteiger partial charge in [0.05, 0.1) is 5.38 Å². The Morgan fingerprint density at radius 3 is 2.69 bits per heavy atom. The Morgan fingerprint density at radius 1 is 1.38 bits per heavy atom. The summed E-state index contributed by atoms with van der Waals surface area (Å²) in [5, 5.41) is 18.4. The van der Waals surface area contributed by atoms with Gasteiger partial charge in [0.2, 0.25) is 0 Å². The maximum Gasteiger partial charge on any atom is 0.254 e. The van der Waals surface area contributed by atoms with Gasteiger partial charge in [-0.05, 0) is 24.6 Å². The summed E-state index contributed by atoms with van der Waals surface area (Å²) in [7, 11) is 0. The second kappa shape index (κ2) is 4.22. The maximum absolute atomic E-state index is 11.9. The molecule has 16 heavy (non-hydrogen) atoms. The molecule has 2 rings (SSSR count). The van der Waals surface area contributed by atoms with Crippen LogP contribution in [-0.2, 0) is 0 Å². The SMILES string of the molecule is O=C(c1ccc(O)c(O)c1)N1CCC(Cl)C1. The van der Waals surface area contributed by atoms with Gasteiger partial charge in [-0.1, -0.05) is 0 Å². The smallest absolute Gasteiger partial charge is 0.254 e. The van der Waals surface area contributed by atoms with E-state index in [1.807, 2.05) is 0 Å². The van der Waals surface area contributed by atoms with Crippen LogP contribution < -0.4 is 0 Å². The molecule has 0 bridgehead atoms. The number of phenols is 2. The van der Waals surface area contributed by atoms with Gasteiger partial charge < -0.3 is 15.1 Å². The molecule has 0 aliphatic carbocycles. The highest BCUT2D eigenvalue weighted by Crippen LogP contribution is 2.26. The van der Waals surface area contributed by atoms with Crippen LogP contribution in [0, 0.1) is 0 Å². The molecular formula is C11H12ClNO3. The predicted octanol–water partition coefficient (Wildman–Crippen LogP) is 1.55. The molecule has 4 nitrogen and oxygen atoms in total. The van der Waals surface area contributed by atoms with E-state index in [2.05, 4.69) is 0 Å². The lowest BCUT2D eigenvalue weighted by Gasteiger charge is -2.15. The fourth-order valence-corrected chi connectivity index (χ4v) is 2.01. The lowest BCUT2D eigenvalue weighted by Crippen LogP contribution is -2.28. The molecule has 1 aromatic rings. The van der Waals surface area contributed by atoms with Crippen molar-refractivity contribution in [2.24, 2.45) is 0 Å². The molecule has 0 saturated carbocycles. The molecular weight excluding hydrogens is 230 g/mol. The zero-order valence-electron chi connectivity index (χ0n) is 8.56. The number of amides is 1. The number of benzene rings is 1. The van der Waals surface area contributed by atoms with Gasteiger partial charge in [0.15, 0.2) is 11.5 Å². The van der Waals surface area contributed by atoms with Gasteiger partial charge in [-0.3, -0.25) is 4.79 Å². The van der Waals surface area contributed by atoms with E-state index in [0.717, 1.165) is 6.42 Å². The molecule has 0 radical (unpaired) electrons. The minimum Gasteiger partial charge on any atom is -0.504 e. The third kappa shape index (κ3) is 2.07. The van der Waals surface area contributed by atoms with E-state index in [1.165, 1.54) is 18.2 Å². The lowest BCUT2D eigenvalue weighted by atomic mass is 10.2. The Labute approximate surface area is 98.1 Å². The summed E-state index contributed by atoms with van der Waals surface area (Å²) in [4.78, 5) is 13.6. The van der Waals surface area contributed by atoms with Crippen LogP contribution in [0.4, 0.5) is 0 Å².